The van der Waals surface area contributed by atoms with E-state index in [9.17, 15) is 18.3 Å². The Morgan fingerprint density at radius 1 is 1.15 bits per heavy atom. The summed E-state index contributed by atoms with van der Waals surface area (Å²) in [5.74, 6) is 2.54. The molecule has 0 radical (unpaired) electrons. The van der Waals surface area contributed by atoms with Crippen molar-refractivity contribution in [1.82, 2.24) is 15.1 Å². The number of anilines is 1. The molecule has 3 N–H and O–H groups in total. The van der Waals surface area contributed by atoms with E-state index in [1.165, 1.54) is 25.5 Å². The first-order valence-electron chi connectivity index (χ1n) is 12.5. The topological polar surface area (TPSA) is 62.1 Å². The van der Waals surface area contributed by atoms with Gasteiger partial charge in [0.05, 0.1) is 17.5 Å². The van der Waals surface area contributed by atoms with E-state index < -0.39 is 18.3 Å². The van der Waals surface area contributed by atoms with Gasteiger partial charge in [0.1, 0.15) is 5.82 Å². The average Bonchev–Trinajstić information content (AvgIpc) is 3.15. The minimum Gasteiger partial charge on any atom is -0.512 e. The van der Waals surface area contributed by atoms with Crippen LogP contribution in [0.1, 0.15) is 75.8 Å². The fourth-order valence-electron chi connectivity index (χ4n) is 8.02. The highest BCUT2D eigenvalue weighted by molar-refractivity contribution is 5.72. The van der Waals surface area contributed by atoms with E-state index in [2.05, 4.69) is 22.3 Å². The summed E-state index contributed by atoms with van der Waals surface area (Å²) in [6.07, 6.45) is 8.40. The van der Waals surface area contributed by atoms with E-state index in [4.69, 9.17) is 0 Å². The van der Waals surface area contributed by atoms with Crippen LogP contribution in [0, 0.1) is 23.7 Å². The molecule has 4 fully saturated rings. The van der Waals surface area contributed by atoms with Gasteiger partial charge in [-0.25, -0.2) is 4.68 Å². The van der Waals surface area contributed by atoms with Crippen molar-refractivity contribution >= 4 is 11.5 Å². The van der Waals surface area contributed by atoms with E-state index in [1.807, 2.05) is 0 Å². The molecule has 4 saturated carbocycles. The molecule has 6 aliphatic rings. The van der Waals surface area contributed by atoms with E-state index in [0.717, 1.165) is 54.5 Å². The van der Waals surface area contributed by atoms with Gasteiger partial charge in [-0.1, -0.05) is 6.58 Å². The molecule has 1 aromatic heterocycles. The lowest BCUT2D eigenvalue weighted by atomic mass is 9.53. The third-order valence-corrected chi connectivity index (χ3v) is 8.99. The molecule has 5 nitrogen and oxygen atoms in total. The van der Waals surface area contributed by atoms with Gasteiger partial charge < -0.3 is 15.7 Å². The van der Waals surface area contributed by atoms with Crippen LogP contribution in [-0.4, -0.2) is 32.6 Å². The molecule has 2 unspecified atom stereocenters. The average molecular weight is 463 g/mol. The van der Waals surface area contributed by atoms with Crippen molar-refractivity contribution in [2.45, 2.75) is 88.0 Å². The molecule has 7 rings (SSSR count). The smallest absolute Gasteiger partial charge is 0.410 e. The van der Waals surface area contributed by atoms with Crippen molar-refractivity contribution in [1.29, 1.82) is 0 Å². The largest absolute Gasteiger partial charge is 0.512 e. The second kappa shape index (κ2) is 7.44. The molecule has 1 aromatic rings. The summed E-state index contributed by atoms with van der Waals surface area (Å²) >= 11 is 0. The zero-order chi connectivity index (χ0) is 23.0. The monoisotopic (exact) mass is 462 g/mol. The van der Waals surface area contributed by atoms with E-state index in [1.54, 1.807) is 6.08 Å². The number of aliphatic hydroxyl groups is 1. The van der Waals surface area contributed by atoms with Crippen molar-refractivity contribution in [2.24, 2.45) is 23.7 Å². The molecule has 0 aromatic carbocycles. The first kappa shape index (κ1) is 21.4. The molecule has 2 heterocycles. The van der Waals surface area contributed by atoms with Gasteiger partial charge in [0.25, 0.3) is 0 Å². The summed E-state index contributed by atoms with van der Waals surface area (Å²) in [6, 6.07) is -2.21. The number of nitrogens with zero attached hydrogens (tertiary/aromatic N) is 2. The Bertz CT molecular complexity index is 946. The standard InChI is InChI=1S/C25H33F3N4O/c1-14(31-24-10-15-6-16(11-24)8-17(7-15)12-24)19-13-29-32-22(25(26,27)28)9-20(30-23(19)32)18-4-2-3-5-21(18)33/h5,13,15-18,20,22,30-31,33H,1-4,6-12H2/t15?,16?,17?,18?,20?,22-,24?/m1/s1. The van der Waals surface area contributed by atoms with Crippen LogP contribution in [0.3, 0.4) is 0 Å². The molecule has 0 amide bonds. The molecule has 8 heteroatoms. The molecular weight excluding hydrogens is 429 g/mol. The Hall–Kier alpha value is -2.12. The Morgan fingerprint density at radius 3 is 2.42 bits per heavy atom. The van der Waals surface area contributed by atoms with E-state index >= 15 is 0 Å². The lowest BCUT2D eigenvalue weighted by Gasteiger charge is -2.57. The van der Waals surface area contributed by atoms with Gasteiger partial charge in [0.15, 0.2) is 6.04 Å². The number of fused-ring (bicyclic) bond motifs is 1. The van der Waals surface area contributed by atoms with Gasteiger partial charge in [-0.15, -0.1) is 0 Å². The number of aromatic nitrogens is 2. The Kier molecular flexibility index (Phi) is 4.83. The van der Waals surface area contributed by atoms with Crippen LogP contribution in [0.25, 0.3) is 5.70 Å². The third kappa shape index (κ3) is 3.64. The molecule has 3 atom stereocenters. The van der Waals surface area contributed by atoms with Crippen LogP contribution < -0.4 is 10.6 Å². The molecular formula is C25H33F3N4O. The highest BCUT2D eigenvalue weighted by Gasteiger charge is 2.52. The minimum absolute atomic E-state index is 0.0164. The molecule has 4 bridgehead atoms. The number of alkyl halides is 3. The minimum atomic E-state index is -4.42. The van der Waals surface area contributed by atoms with Crippen molar-refractivity contribution < 1.29 is 18.3 Å². The third-order valence-electron chi connectivity index (χ3n) is 8.99. The maximum Gasteiger partial charge on any atom is 0.410 e. The van der Waals surface area contributed by atoms with Crippen LogP contribution in [0.15, 0.2) is 24.6 Å². The van der Waals surface area contributed by atoms with Crippen LogP contribution in [-0.2, 0) is 0 Å². The maximum atomic E-state index is 14.1. The van der Waals surface area contributed by atoms with Gasteiger partial charge in [-0.05, 0) is 88.0 Å². The first-order chi connectivity index (χ1) is 15.7. The van der Waals surface area contributed by atoms with E-state index in [0.29, 0.717) is 23.5 Å². The molecule has 33 heavy (non-hydrogen) atoms. The van der Waals surface area contributed by atoms with Crippen molar-refractivity contribution in [3.63, 3.8) is 0 Å². The normalized spacial score (nSPS) is 39.5. The Labute approximate surface area is 192 Å². The van der Waals surface area contributed by atoms with Crippen LogP contribution in [0.4, 0.5) is 19.0 Å². The molecule has 0 saturated heterocycles. The molecule has 1 aliphatic heterocycles. The second-order valence-corrected chi connectivity index (χ2v) is 11.4. The zero-order valence-electron chi connectivity index (χ0n) is 18.9. The van der Waals surface area contributed by atoms with Gasteiger partial charge in [0, 0.05) is 23.2 Å². The summed E-state index contributed by atoms with van der Waals surface area (Å²) in [7, 11) is 0. The van der Waals surface area contributed by atoms with E-state index in [-0.39, 0.29) is 23.6 Å². The number of allylic oxidation sites excluding steroid dienone is 1. The number of nitrogens with one attached hydrogen (secondary N) is 2. The predicted octanol–water partition coefficient (Wildman–Crippen LogP) is 5.94. The van der Waals surface area contributed by atoms with Crippen LogP contribution in [0.2, 0.25) is 0 Å². The highest BCUT2D eigenvalue weighted by Crippen LogP contribution is 2.56. The lowest BCUT2D eigenvalue weighted by molar-refractivity contribution is -0.174. The number of halogens is 3. The van der Waals surface area contributed by atoms with Crippen molar-refractivity contribution in [3.05, 3.63) is 30.2 Å². The Morgan fingerprint density at radius 2 is 1.82 bits per heavy atom. The number of hydrogen-bond acceptors (Lipinski definition) is 4. The second-order valence-electron chi connectivity index (χ2n) is 11.4. The molecule has 180 valence electrons. The van der Waals surface area contributed by atoms with Gasteiger partial charge in [-0.2, -0.15) is 18.3 Å². The van der Waals surface area contributed by atoms with Crippen LogP contribution >= 0.6 is 0 Å². The maximum absolute atomic E-state index is 14.1. The summed E-state index contributed by atoms with van der Waals surface area (Å²) in [5, 5.41) is 21.6. The van der Waals surface area contributed by atoms with Gasteiger partial charge >= 0.3 is 6.18 Å². The predicted molar refractivity (Wildman–Crippen MR) is 120 cm³/mol. The summed E-state index contributed by atoms with van der Waals surface area (Å²) < 4.78 is 43.2. The lowest BCUT2D eigenvalue weighted by Crippen LogP contribution is -2.57. The first-order valence-corrected chi connectivity index (χ1v) is 12.5. The summed E-state index contributed by atoms with van der Waals surface area (Å²) in [5.41, 5.74) is 1.29. The fourth-order valence-corrected chi connectivity index (χ4v) is 8.02. The van der Waals surface area contributed by atoms with Crippen molar-refractivity contribution in [3.8, 4) is 0 Å². The zero-order valence-corrected chi connectivity index (χ0v) is 18.9. The van der Waals surface area contributed by atoms with Gasteiger partial charge in [0.2, 0.25) is 0 Å². The SMILES string of the molecule is C=C(NC12CC3CC(CC(C3)C1)C2)c1cnn2c1NC(C1CCCC=C1O)C[C@@H]2C(F)(F)F. The fraction of sp³-hybridized carbons (Fsp3) is 0.720. The summed E-state index contributed by atoms with van der Waals surface area (Å²) in [6.45, 7) is 4.27. The molecule has 0 spiro atoms. The number of hydrogen-bond donors (Lipinski definition) is 3. The number of rotatable bonds is 4. The highest BCUT2D eigenvalue weighted by atomic mass is 19.4. The quantitative estimate of drug-likeness (QED) is 0.518. The Balaban J connectivity index is 1.29. The summed E-state index contributed by atoms with van der Waals surface area (Å²) in [4.78, 5) is 0. The van der Waals surface area contributed by atoms with Gasteiger partial charge in [-0.3, -0.25) is 0 Å². The number of aliphatic hydroxyl groups excluding tert-OH is 1. The van der Waals surface area contributed by atoms with Crippen molar-refractivity contribution in [2.75, 3.05) is 5.32 Å². The van der Waals surface area contributed by atoms with Crippen LogP contribution in [0.5, 0.6) is 0 Å². The molecule has 5 aliphatic carbocycles.